The van der Waals surface area contributed by atoms with Gasteiger partial charge in [-0.05, 0) is 37.3 Å². The zero-order valence-electron chi connectivity index (χ0n) is 9.91. The second-order valence-corrected chi connectivity index (χ2v) is 3.99. The van der Waals surface area contributed by atoms with Crippen LogP contribution in [0.15, 0.2) is 42.5 Å². The molecule has 92 valence electrons. The molecule has 0 bridgehead atoms. The number of carbonyl (C=O) groups excluding carboxylic acids is 1. The van der Waals surface area contributed by atoms with Crippen molar-refractivity contribution in [1.29, 1.82) is 0 Å². The molecule has 0 radical (unpaired) electrons. The van der Waals surface area contributed by atoms with Gasteiger partial charge in [0.25, 0.3) is 0 Å². The van der Waals surface area contributed by atoms with Crippen molar-refractivity contribution in [2.75, 3.05) is 11.1 Å². The topological polar surface area (TPSA) is 55.1 Å². The molecule has 0 aromatic heterocycles. The molecule has 0 aliphatic heterocycles. The van der Waals surface area contributed by atoms with Gasteiger partial charge in [-0.25, -0.2) is 4.39 Å². The van der Waals surface area contributed by atoms with Crippen molar-refractivity contribution in [3.05, 3.63) is 53.8 Å². The van der Waals surface area contributed by atoms with Crippen molar-refractivity contribution >= 4 is 22.8 Å². The highest BCUT2D eigenvalue weighted by atomic mass is 19.1. The van der Waals surface area contributed by atoms with E-state index in [1.54, 1.807) is 24.3 Å². The van der Waals surface area contributed by atoms with Crippen molar-refractivity contribution in [2.45, 2.75) is 6.92 Å². The largest absolute Gasteiger partial charge is 0.397 e. The first-order valence-electron chi connectivity index (χ1n) is 5.49. The van der Waals surface area contributed by atoms with Crippen LogP contribution >= 0.6 is 0 Å². The minimum absolute atomic E-state index is 0.00859. The Morgan fingerprint density at radius 1 is 1.22 bits per heavy atom. The normalized spacial score (nSPS) is 10.1. The molecule has 18 heavy (non-hydrogen) atoms. The van der Waals surface area contributed by atoms with Gasteiger partial charge in [0.05, 0.1) is 11.4 Å². The van der Waals surface area contributed by atoms with Crippen molar-refractivity contribution in [3.8, 4) is 0 Å². The second kappa shape index (κ2) is 4.87. The summed E-state index contributed by atoms with van der Waals surface area (Å²) in [5, 5.41) is 3.05. The molecule has 2 aromatic rings. The molecular formula is C14H13FN2O. The molecule has 0 saturated heterocycles. The Balaban J connectivity index is 2.28. The zero-order valence-corrected chi connectivity index (χ0v) is 9.91. The fourth-order valence-electron chi connectivity index (χ4n) is 1.62. The van der Waals surface area contributed by atoms with E-state index in [2.05, 4.69) is 5.32 Å². The van der Waals surface area contributed by atoms with E-state index in [1.165, 1.54) is 19.1 Å². The van der Waals surface area contributed by atoms with Gasteiger partial charge in [-0.3, -0.25) is 4.79 Å². The van der Waals surface area contributed by atoms with Gasteiger partial charge in [0.2, 0.25) is 0 Å². The lowest BCUT2D eigenvalue weighted by atomic mass is 10.1. The molecule has 0 fully saturated rings. The van der Waals surface area contributed by atoms with Gasteiger partial charge in [-0.15, -0.1) is 0 Å². The predicted octanol–water partition coefficient (Wildman–Crippen LogP) is 3.35. The molecule has 2 aromatic carbocycles. The molecule has 0 unspecified atom stereocenters. The lowest BCUT2D eigenvalue weighted by Gasteiger charge is -2.10. The summed E-state index contributed by atoms with van der Waals surface area (Å²) in [5.74, 6) is -0.388. The smallest absolute Gasteiger partial charge is 0.159 e. The van der Waals surface area contributed by atoms with Gasteiger partial charge >= 0.3 is 0 Å². The summed E-state index contributed by atoms with van der Waals surface area (Å²) in [6.45, 7) is 1.51. The molecule has 0 saturated carbocycles. The summed E-state index contributed by atoms with van der Waals surface area (Å²) in [5.41, 5.74) is 7.98. The molecule has 0 spiro atoms. The number of Topliss-reactive ketones (excluding diaryl/α,β-unsaturated/α-hetero) is 1. The predicted molar refractivity (Wildman–Crippen MR) is 70.5 cm³/mol. The highest BCUT2D eigenvalue weighted by Crippen LogP contribution is 2.24. The summed E-state index contributed by atoms with van der Waals surface area (Å²) >= 11 is 0. The van der Waals surface area contributed by atoms with Crippen LogP contribution in [0, 0.1) is 5.82 Å². The number of hydrogen-bond donors (Lipinski definition) is 2. The van der Waals surface area contributed by atoms with E-state index < -0.39 is 0 Å². The average molecular weight is 244 g/mol. The number of rotatable bonds is 3. The van der Waals surface area contributed by atoms with Gasteiger partial charge in [0.1, 0.15) is 5.82 Å². The molecule has 2 rings (SSSR count). The van der Waals surface area contributed by atoms with Crippen molar-refractivity contribution in [2.24, 2.45) is 0 Å². The van der Waals surface area contributed by atoms with E-state index in [9.17, 15) is 9.18 Å². The quantitative estimate of drug-likeness (QED) is 0.643. The number of nitrogen functional groups attached to an aromatic ring is 1. The fraction of sp³-hybridized carbons (Fsp3) is 0.0714. The average Bonchev–Trinajstić information content (AvgIpc) is 2.33. The number of anilines is 3. The number of halogens is 1. The molecule has 0 aliphatic rings. The first-order chi connectivity index (χ1) is 8.56. The third-order valence-corrected chi connectivity index (χ3v) is 2.56. The fourth-order valence-corrected chi connectivity index (χ4v) is 1.62. The molecule has 3 nitrogen and oxygen atoms in total. The summed E-state index contributed by atoms with van der Waals surface area (Å²) in [6, 6.07) is 11.2. The maximum absolute atomic E-state index is 12.9. The molecule has 0 aliphatic carbocycles. The van der Waals surface area contributed by atoms with Crippen LogP contribution < -0.4 is 11.1 Å². The van der Waals surface area contributed by atoms with Gasteiger partial charge in [0, 0.05) is 11.3 Å². The Labute approximate surface area is 104 Å². The minimum atomic E-state index is -0.379. The van der Waals surface area contributed by atoms with Crippen LogP contribution in [0.1, 0.15) is 17.3 Å². The van der Waals surface area contributed by atoms with Crippen LogP contribution in [-0.4, -0.2) is 5.78 Å². The summed E-state index contributed by atoms with van der Waals surface area (Å²) in [6.07, 6.45) is 0. The first kappa shape index (κ1) is 12.1. The maximum Gasteiger partial charge on any atom is 0.159 e. The summed E-state index contributed by atoms with van der Waals surface area (Å²) < 4.78 is 12.9. The third-order valence-electron chi connectivity index (χ3n) is 2.56. The third kappa shape index (κ3) is 2.66. The van der Waals surface area contributed by atoms with E-state index >= 15 is 0 Å². The number of benzene rings is 2. The van der Waals surface area contributed by atoms with E-state index in [4.69, 9.17) is 5.73 Å². The molecule has 0 atom stereocenters. The molecular weight excluding hydrogens is 231 g/mol. The molecule has 0 heterocycles. The van der Waals surface area contributed by atoms with Gasteiger partial charge < -0.3 is 11.1 Å². The monoisotopic (exact) mass is 244 g/mol. The van der Waals surface area contributed by atoms with Crippen molar-refractivity contribution in [1.82, 2.24) is 0 Å². The van der Waals surface area contributed by atoms with Crippen LogP contribution in [0.4, 0.5) is 21.5 Å². The van der Waals surface area contributed by atoms with E-state index in [0.717, 1.165) is 5.69 Å². The van der Waals surface area contributed by atoms with E-state index in [0.29, 0.717) is 16.9 Å². The van der Waals surface area contributed by atoms with Crippen molar-refractivity contribution in [3.63, 3.8) is 0 Å². The summed E-state index contributed by atoms with van der Waals surface area (Å²) in [4.78, 5) is 11.3. The highest BCUT2D eigenvalue weighted by molar-refractivity contribution is 5.95. The standard InChI is InChI=1S/C14H13FN2O/c1-9(18)10-3-2-4-12(7-10)17-14-6-5-11(15)8-13(14)16/h2-8,17H,16H2,1H3. The number of nitrogens with one attached hydrogen (secondary N) is 1. The first-order valence-corrected chi connectivity index (χ1v) is 5.49. The number of hydrogen-bond acceptors (Lipinski definition) is 3. The van der Waals surface area contributed by atoms with Crippen LogP contribution in [0.5, 0.6) is 0 Å². The zero-order chi connectivity index (χ0) is 13.1. The van der Waals surface area contributed by atoms with Crippen molar-refractivity contribution < 1.29 is 9.18 Å². The van der Waals surface area contributed by atoms with Gasteiger partial charge in [-0.2, -0.15) is 0 Å². The number of ketones is 1. The van der Waals surface area contributed by atoms with Gasteiger partial charge in [0.15, 0.2) is 5.78 Å². The van der Waals surface area contributed by atoms with Crippen LogP contribution in [0.25, 0.3) is 0 Å². The van der Waals surface area contributed by atoms with Gasteiger partial charge in [-0.1, -0.05) is 12.1 Å². The Morgan fingerprint density at radius 2 is 2.00 bits per heavy atom. The van der Waals surface area contributed by atoms with Crippen LogP contribution in [-0.2, 0) is 0 Å². The lowest BCUT2D eigenvalue weighted by Crippen LogP contribution is -1.98. The Hall–Kier alpha value is -2.36. The SMILES string of the molecule is CC(=O)c1cccc(Nc2ccc(F)cc2N)c1. The molecule has 3 N–H and O–H groups in total. The molecule has 0 amide bonds. The van der Waals surface area contributed by atoms with E-state index in [1.807, 2.05) is 6.07 Å². The minimum Gasteiger partial charge on any atom is -0.397 e. The maximum atomic E-state index is 12.9. The highest BCUT2D eigenvalue weighted by Gasteiger charge is 2.03. The number of carbonyl (C=O) groups is 1. The summed E-state index contributed by atoms with van der Waals surface area (Å²) in [7, 11) is 0. The second-order valence-electron chi connectivity index (χ2n) is 3.99. The Kier molecular flexibility index (Phi) is 3.28. The lowest BCUT2D eigenvalue weighted by molar-refractivity contribution is 0.101. The Bertz CT molecular complexity index is 596. The molecule has 4 heteroatoms. The van der Waals surface area contributed by atoms with Crippen LogP contribution in [0.2, 0.25) is 0 Å². The number of nitrogens with two attached hydrogens (primary N) is 1. The van der Waals surface area contributed by atoms with E-state index in [-0.39, 0.29) is 11.6 Å². The Morgan fingerprint density at radius 3 is 2.67 bits per heavy atom. The van der Waals surface area contributed by atoms with Crippen LogP contribution in [0.3, 0.4) is 0 Å².